The molecule has 1 aromatic heterocycles. The molecule has 2 rings (SSSR count). The molecule has 0 saturated carbocycles. The van der Waals surface area contributed by atoms with Crippen molar-refractivity contribution in [2.24, 2.45) is 0 Å². The number of nitrogens with zero attached hydrogens (tertiary/aromatic N) is 1. The molecule has 0 fully saturated rings. The number of aromatic amines is 1. The average Bonchev–Trinajstić information content (AvgIpc) is 2.88. The summed E-state index contributed by atoms with van der Waals surface area (Å²) in [6.07, 6.45) is 0.766. The predicted molar refractivity (Wildman–Crippen MR) is 76.7 cm³/mol. The maximum Gasteiger partial charge on any atom is 0.405 e. The van der Waals surface area contributed by atoms with Crippen molar-refractivity contribution in [3.05, 3.63) is 36.0 Å². The Morgan fingerprint density at radius 3 is 2.81 bits per heavy atom. The largest absolute Gasteiger partial charge is 0.465 e. The highest BCUT2D eigenvalue weighted by molar-refractivity contribution is 5.87. The number of para-hydroxylation sites is 1. The van der Waals surface area contributed by atoms with Gasteiger partial charge in [-0.2, -0.15) is 0 Å². The van der Waals surface area contributed by atoms with E-state index in [1.54, 1.807) is 6.20 Å². The first kappa shape index (κ1) is 14.9. The van der Waals surface area contributed by atoms with Gasteiger partial charge in [0.1, 0.15) is 6.04 Å². The first-order valence-corrected chi connectivity index (χ1v) is 6.39. The second kappa shape index (κ2) is 6.27. The lowest BCUT2D eigenvalue weighted by Gasteiger charge is -2.21. The number of hydrogen-bond acceptors (Lipinski definition) is 3. The lowest BCUT2D eigenvalue weighted by Crippen LogP contribution is -2.47. The van der Waals surface area contributed by atoms with Gasteiger partial charge < -0.3 is 15.4 Å². The number of carbonyl (C=O) groups is 2. The lowest BCUT2D eigenvalue weighted by atomic mass is 10.0. The van der Waals surface area contributed by atoms with Gasteiger partial charge in [-0.25, -0.2) is 9.86 Å². The van der Waals surface area contributed by atoms with Crippen LogP contribution in [0.2, 0.25) is 0 Å². The highest BCUT2D eigenvalue weighted by atomic mass is 16.7. The zero-order valence-corrected chi connectivity index (χ0v) is 11.8. The molecule has 0 aliphatic rings. The molecule has 0 radical (unpaired) electrons. The normalized spacial score (nSPS) is 12.1. The quantitative estimate of drug-likeness (QED) is 0.725. The fourth-order valence-corrected chi connectivity index (χ4v) is 2.18. The number of carbonyl (C=O) groups excluding carboxylic acids is 1. The van der Waals surface area contributed by atoms with E-state index in [2.05, 4.69) is 10.3 Å². The summed E-state index contributed by atoms with van der Waals surface area (Å²) in [5, 5.41) is 13.1. The van der Waals surface area contributed by atoms with Gasteiger partial charge in [-0.05, 0) is 11.6 Å². The molecule has 2 aromatic rings. The van der Waals surface area contributed by atoms with E-state index in [0.717, 1.165) is 21.5 Å². The van der Waals surface area contributed by atoms with Crippen molar-refractivity contribution in [2.45, 2.75) is 12.5 Å². The van der Waals surface area contributed by atoms with Crippen LogP contribution in [0.3, 0.4) is 0 Å². The van der Waals surface area contributed by atoms with Gasteiger partial charge >= 0.3 is 6.09 Å². The number of H-pyrrole nitrogens is 1. The van der Waals surface area contributed by atoms with Crippen molar-refractivity contribution in [3.63, 3.8) is 0 Å². The zero-order valence-electron chi connectivity index (χ0n) is 11.8. The topological polar surface area (TPSA) is 94.7 Å². The van der Waals surface area contributed by atoms with E-state index < -0.39 is 18.0 Å². The number of rotatable bonds is 5. The molecule has 0 bridgehead atoms. The molecular formula is C14H17N3O4. The van der Waals surface area contributed by atoms with E-state index in [1.165, 1.54) is 14.2 Å². The van der Waals surface area contributed by atoms with E-state index in [-0.39, 0.29) is 6.42 Å². The third-order valence-electron chi connectivity index (χ3n) is 3.28. The van der Waals surface area contributed by atoms with Gasteiger partial charge in [-0.3, -0.25) is 9.63 Å². The Bertz CT molecular complexity index is 652. The maximum atomic E-state index is 12.1. The number of benzene rings is 1. The van der Waals surface area contributed by atoms with Crippen molar-refractivity contribution in [3.8, 4) is 0 Å². The molecule has 0 aliphatic heterocycles. The van der Waals surface area contributed by atoms with Crippen LogP contribution in [0.4, 0.5) is 4.79 Å². The number of nitrogens with one attached hydrogen (secondary N) is 2. The molecule has 1 atom stereocenters. The summed E-state index contributed by atoms with van der Waals surface area (Å²) in [6, 6.07) is 6.72. The SMILES string of the molecule is CON(C)C(=O)C(Cc1c[nH]c2ccccc12)NC(=O)O. The number of hydrogen-bond donors (Lipinski definition) is 3. The van der Waals surface area contributed by atoms with Gasteiger partial charge in [0.2, 0.25) is 0 Å². The second-order valence-corrected chi connectivity index (χ2v) is 4.58. The fraction of sp³-hybridized carbons (Fsp3) is 0.286. The molecular weight excluding hydrogens is 274 g/mol. The molecule has 0 saturated heterocycles. The van der Waals surface area contributed by atoms with E-state index in [1.807, 2.05) is 24.3 Å². The number of fused-ring (bicyclic) bond motifs is 1. The van der Waals surface area contributed by atoms with Crippen LogP contribution < -0.4 is 5.32 Å². The van der Waals surface area contributed by atoms with Crippen LogP contribution in [0.5, 0.6) is 0 Å². The smallest absolute Gasteiger partial charge is 0.405 e. The maximum absolute atomic E-state index is 12.1. The highest BCUT2D eigenvalue weighted by Crippen LogP contribution is 2.19. The first-order valence-electron chi connectivity index (χ1n) is 6.39. The summed E-state index contributed by atoms with van der Waals surface area (Å²) < 4.78 is 0. The van der Waals surface area contributed by atoms with E-state index in [4.69, 9.17) is 9.94 Å². The molecule has 7 heteroatoms. The molecule has 0 aliphatic carbocycles. The van der Waals surface area contributed by atoms with Crippen LogP contribution in [0.25, 0.3) is 10.9 Å². The van der Waals surface area contributed by atoms with E-state index in [9.17, 15) is 9.59 Å². The van der Waals surface area contributed by atoms with E-state index in [0.29, 0.717) is 0 Å². The number of carboxylic acid groups (broad SMARTS) is 1. The standard InChI is InChI=1S/C14H17N3O4/c1-17(21-2)13(18)12(16-14(19)20)7-9-8-15-11-6-4-3-5-10(9)11/h3-6,8,12,15-16H,7H2,1-2H3,(H,19,20). The zero-order chi connectivity index (χ0) is 15.4. The minimum atomic E-state index is -1.25. The summed E-state index contributed by atoms with van der Waals surface area (Å²) in [6.45, 7) is 0. The third-order valence-corrected chi connectivity index (χ3v) is 3.28. The van der Waals surface area contributed by atoms with Crippen molar-refractivity contribution in [1.82, 2.24) is 15.4 Å². The fourth-order valence-electron chi connectivity index (χ4n) is 2.18. The molecule has 7 nitrogen and oxygen atoms in total. The second-order valence-electron chi connectivity index (χ2n) is 4.58. The summed E-state index contributed by atoms with van der Waals surface area (Å²) in [5.74, 6) is -0.454. The monoisotopic (exact) mass is 291 g/mol. The Balaban J connectivity index is 2.26. The summed E-state index contributed by atoms with van der Waals surface area (Å²) in [5.41, 5.74) is 1.80. The summed E-state index contributed by atoms with van der Waals surface area (Å²) in [7, 11) is 2.79. The van der Waals surface area contributed by atoms with Crippen molar-refractivity contribution in [1.29, 1.82) is 0 Å². The van der Waals surface area contributed by atoms with E-state index >= 15 is 0 Å². The first-order chi connectivity index (χ1) is 10.0. The predicted octanol–water partition coefficient (Wildman–Crippen LogP) is 1.37. The molecule has 112 valence electrons. The number of likely N-dealkylation sites (N-methyl/N-ethyl adjacent to an activating group) is 1. The van der Waals surface area contributed by atoms with Crippen LogP contribution in [0.15, 0.2) is 30.5 Å². The minimum absolute atomic E-state index is 0.239. The van der Waals surface area contributed by atoms with Gasteiger partial charge in [0.25, 0.3) is 5.91 Å². The van der Waals surface area contributed by atoms with Gasteiger partial charge in [0, 0.05) is 30.6 Å². The number of hydroxylamine groups is 2. The van der Waals surface area contributed by atoms with Gasteiger partial charge in [0.15, 0.2) is 0 Å². The van der Waals surface area contributed by atoms with Gasteiger partial charge in [-0.15, -0.1) is 0 Å². The molecule has 1 aromatic carbocycles. The number of aromatic nitrogens is 1. The van der Waals surface area contributed by atoms with Crippen LogP contribution in [-0.4, -0.2) is 47.4 Å². The van der Waals surface area contributed by atoms with Crippen molar-refractivity contribution < 1.29 is 19.5 Å². The van der Waals surface area contributed by atoms with Crippen LogP contribution in [0.1, 0.15) is 5.56 Å². The van der Waals surface area contributed by atoms with Crippen molar-refractivity contribution >= 4 is 22.9 Å². The van der Waals surface area contributed by atoms with Crippen LogP contribution >= 0.6 is 0 Å². The van der Waals surface area contributed by atoms with Crippen LogP contribution in [0, 0.1) is 0 Å². The molecule has 21 heavy (non-hydrogen) atoms. The Morgan fingerprint density at radius 1 is 1.43 bits per heavy atom. The molecule has 3 N–H and O–H groups in total. The molecule has 0 spiro atoms. The molecule has 1 heterocycles. The Kier molecular flexibility index (Phi) is 4.44. The van der Waals surface area contributed by atoms with Crippen molar-refractivity contribution in [2.75, 3.05) is 14.2 Å². The third kappa shape index (κ3) is 3.32. The van der Waals surface area contributed by atoms with Gasteiger partial charge in [-0.1, -0.05) is 18.2 Å². The Labute approximate surface area is 121 Å². The van der Waals surface area contributed by atoms with Gasteiger partial charge in [0.05, 0.1) is 7.11 Å². The Morgan fingerprint density at radius 2 is 2.14 bits per heavy atom. The highest BCUT2D eigenvalue weighted by Gasteiger charge is 2.25. The summed E-state index contributed by atoms with van der Waals surface area (Å²) >= 11 is 0. The average molecular weight is 291 g/mol. The molecule has 1 unspecified atom stereocenters. The lowest BCUT2D eigenvalue weighted by molar-refractivity contribution is -0.170. The van der Waals surface area contributed by atoms with Crippen LogP contribution in [-0.2, 0) is 16.1 Å². The Hall–Kier alpha value is -2.54. The minimum Gasteiger partial charge on any atom is -0.465 e. The summed E-state index contributed by atoms with van der Waals surface area (Å²) in [4.78, 5) is 30.9. The number of amides is 2. The molecule has 2 amide bonds.